The minimum Gasteiger partial charge on any atom is -0.378 e. The van der Waals surface area contributed by atoms with Gasteiger partial charge in [0.15, 0.2) is 0 Å². The first-order valence-electron chi connectivity index (χ1n) is 6.67. The molecule has 3 heteroatoms. The van der Waals surface area contributed by atoms with Crippen molar-refractivity contribution in [2.24, 2.45) is 11.1 Å². The normalized spacial score (nSPS) is 26.6. The van der Waals surface area contributed by atoms with Crippen molar-refractivity contribution in [1.29, 1.82) is 0 Å². The zero-order valence-corrected chi connectivity index (χ0v) is 11.2. The molecule has 1 aliphatic rings. The molecule has 0 bridgehead atoms. The molecule has 3 nitrogen and oxygen atoms in total. The van der Waals surface area contributed by atoms with Crippen LogP contribution in [0.1, 0.15) is 40.0 Å². The maximum absolute atomic E-state index is 5.94. The molecule has 1 heterocycles. The van der Waals surface area contributed by atoms with Crippen LogP contribution in [0, 0.1) is 5.41 Å². The molecule has 2 atom stereocenters. The van der Waals surface area contributed by atoms with E-state index in [2.05, 4.69) is 25.7 Å². The van der Waals surface area contributed by atoms with Gasteiger partial charge in [0, 0.05) is 19.1 Å². The molecular weight excluding hydrogens is 200 g/mol. The minimum absolute atomic E-state index is 0.277. The Labute approximate surface area is 100 Å². The number of hydrogen-bond donors (Lipinski definition) is 1. The molecule has 0 aromatic rings. The summed E-state index contributed by atoms with van der Waals surface area (Å²) >= 11 is 0. The molecule has 16 heavy (non-hydrogen) atoms. The number of morpholine rings is 1. The van der Waals surface area contributed by atoms with Crippen LogP contribution in [0.3, 0.4) is 0 Å². The van der Waals surface area contributed by atoms with E-state index in [1.165, 1.54) is 19.3 Å². The first kappa shape index (κ1) is 13.9. The highest BCUT2D eigenvalue weighted by molar-refractivity contribution is 4.83. The van der Waals surface area contributed by atoms with Crippen molar-refractivity contribution in [1.82, 2.24) is 4.90 Å². The van der Waals surface area contributed by atoms with E-state index in [1.807, 2.05) is 0 Å². The third-order valence-corrected chi connectivity index (χ3v) is 3.75. The fourth-order valence-electron chi connectivity index (χ4n) is 2.61. The highest BCUT2D eigenvalue weighted by Crippen LogP contribution is 2.25. The fourth-order valence-corrected chi connectivity index (χ4v) is 2.61. The molecule has 1 aliphatic heterocycles. The van der Waals surface area contributed by atoms with Crippen LogP contribution in [0.2, 0.25) is 0 Å². The van der Waals surface area contributed by atoms with Gasteiger partial charge < -0.3 is 10.5 Å². The van der Waals surface area contributed by atoms with Crippen molar-refractivity contribution in [2.45, 2.75) is 46.1 Å². The molecule has 1 rings (SSSR count). The molecule has 2 unspecified atom stereocenters. The molecule has 0 spiro atoms. The maximum Gasteiger partial charge on any atom is 0.0622 e. The summed E-state index contributed by atoms with van der Waals surface area (Å²) in [6.45, 7) is 11.5. The van der Waals surface area contributed by atoms with Crippen molar-refractivity contribution in [2.75, 3.05) is 32.8 Å². The second kappa shape index (κ2) is 6.58. The second-order valence-electron chi connectivity index (χ2n) is 5.37. The van der Waals surface area contributed by atoms with E-state index in [0.29, 0.717) is 6.04 Å². The van der Waals surface area contributed by atoms with E-state index in [9.17, 15) is 0 Å². The zero-order valence-electron chi connectivity index (χ0n) is 11.2. The van der Waals surface area contributed by atoms with Gasteiger partial charge in [-0.3, -0.25) is 4.90 Å². The van der Waals surface area contributed by atoms with Gasteiger partial charge in [-0.05, 0) is 24.8 Å². The third kappa shape index (κ3) is 3.72. The average molecular weight is 228 g/mol. The molecule has 0 amide bonds. The van der Waals surface area contributed by atoms with E-state index in [0.717, 1.165) is 32.8 Å². The van der Waals surface area contributed by atoms with Crippen LogP contribution in [0.25, 0.3) is 0 Å². The molecule has 1 saturated heterocycles. The number of rotatable bonds is 6. The number of nitrogens with two attached hydrogens (primary N) is 1. The second-order valence-corrected chi connectivity index (χ2v) is 5.37. The monoisotopic (exact) mass is 228 g/mol. The Bertz CT molecular complexity index is 198. The van der Waals surface area contributed by atoms with Crippen molar-refractivity contribution >= 4 is 0 Å². The first-order chi connectivity index (χ1) is 7.65. The Kier molecular flexibility index (Phi) is 5.73. The summed E-state index contributed by atoms with van der Waals surface area (Å²) in [6.07, 6.45) is 3.61. The zero-order chi connectivity index (χ0) is 12.0. The Balaban J connectivity index is 2.54. The molecular formula is C13H28N2O. The fraction of sp³-hybridized carbons (Fsp3) is 1.00. The van der Waals surface area contributed by atoms with Gasteiger partial charge >= 0.3 is 0 Å². The summed E-state index contributed by atoms with van der Waals surface area (Å²) in [5.41, 5.74) is 6.22. The van der Waals surface area contributed by atoms with Crippen LogP contribution in [0.4, 0.5) is 0 Å². The Morgan fingerprint density at radius 3 is 2.75 bits per heavy atom. The highest BCUT2D eigenvalue weighted by Gasteiger charge is 2.29. The summed E-state index contributed by atoms with van der Waals surface area (Å²) in [5, 5.41) is 0. The smallest absolute Gasteiger partial charge is 0.0622 e. The lowest BCUT2D eigenvalue weighted by Gasteiger charge is -2.41. The highest BCUT2D eigenvalue weighted by atomic mass is 16.5. The summed E-state index contributed by atoms with van der Waals surface area (Å²) < 4.78 is 5.54. The predicted octanol–water partition coefficient (Wildman–Crippen LogP) is 1.86. The number of ether oxygens (including phenoxy) is 1. The first-order valence-corrected chi connectivity index (χ1v) is 6.67. The van der Waals surface area contributed by atoms with Crippen LogP contribution < -0.4 is 5.73 Å². The van der Waals surface area contributed by atoms with Crippen molar-refractivity contribution in [3.05, 3.63) is 0 Å². The Morgan fingerprint density at radius 1 is 1.44 bits per heavy atom. The lowest BCUT2D eigenvalue weighted by atomic mass is 9.84. The van der Waals surface area contributed by atoms with Crippen molar-refractivity contribution in [3.63, 3.8) is 0 Å². The van der Waals surface area contributed by atoms with Crippen LogP contribution >= 0.6 is 0 Å². The van der Waals surface area contributed by atoms with Gasteiger partial charge in [-0.2, -0.15) is 0 Å². The predicted molar refractivity (Wildman–Crippen MR) is 68.5 cm³/mol. The van der Waals surface area contributed by atoms with Gasteiger partial charge in [-0.15, -0.1) is 0 Å². The van der Waals surface area contributed by atoms with Crippen LogP contribution in [-0.4, -0.2) is 43.8 Å². The lowest BCUT2D eigenvalue weighted by Crippen LogP contribution is -2.50. The van der Waals surface area contributed by atoms with Gasteiger partial charge in [-0.25, -0.2) is 0 Å². The SMILES string of the molecule is CCCC(C)(CN)CN1CCOCC1CC. The van der Waals surface area contributed by atoms with E-state index in [4.69, 9.17) is 10.5 Å². The van der Waals surface area contributed by atoms with E-state index in [-0.39, 0.29) is 5.41 Å². The Hall–Kier alpha value is -0.120. The molecule has 1 fully saturated rings. The van der Waals surface area contributed by atoms with Gasteiger partial charge in [0.2, 0.25) is 0 Å². The average Bonchev–Trinajstić information content (AvgIpc) is 2.30. The molecule has 2 N–H and O–H groups in total. The molecule has 96 valence electrons. The van der Waals surface area contributed by atoms with E-state index < -0.39 is 0 Å². The third-order valence-electron chi connectivity index (χ3n) is 3.75. The quantitative estimate of drug-likeness (QED) is 0.754. The van der Waals surface area contributed by atoms with Crippen LogP contribution in [-0.2, 0) is 4.74 Å². The summed E-state index contributed by atoms with van der Waals surface area (Å²) in [7, 11) is 0. The summed E-state index contributed by atoms with van der Waals surface area (Å²) in [4.78, 5) is 2.58. The number of hydrogen-bond acceptors (Lipinski definition) is 3. The van der Waals surface area contributed by atoms with Gasteiger partial charge in [0.05, 0.1) is 13.2 Å². The molecule has 0 radical (unpaired) electrons. The van der Waals surface area contributed by atoms with Crippen molar-refractivity contribution < 1.29 is 4.74 Å². The maximum atomic E-state index is 5.94. The Morgan fingerprint density at radius 2 is 2.19 bits per heavy atom. The molecule has 0 aromatic heterocycles. The number of nitrogens with zero attached hydrogens (tertiary/aromatic N) is 1. The topological polar surface area (TPSA) is 38.5 Å². The molecule has 0 aliphatic carbocycles. The largest absolute Gasteiger partial charge is 0.378 e. The van der Waals surface area contributed by atoms with Crippen molar-refractivity contribution in [3.8, 4) is 0 Å². The summed E-state index contributed by atoms with van der Waals surface area (Å²) in [6, 6.07) is 0.594. The van der Waals surface area contributed by atoms with Gasteiger partial charge in [0.25, 0.3) is 0 Å². The van der Waals surface area contributed by atoms with Crippen LogP contribution in [0.15, 0.2) is 0 Å². The molecule has 0 saturated carbocycles. The van der Waals surface area contributed by atoms with E-state index >= 15 is 0 Å². The lowest BCUT2D eigenvalue weighted by molar-refractivity contribution is -0.0260. The summed E-state index contributed by atoms with van der Waals surface area (Å²) in [5.74, 6) is 0. The van der Waals surface area contributed by atoms with Gasteiger partial charge in [-0.1, -0.05) is 27.2 Å². The van der Waals surface area contributed by atoms with E-state index in [1.54, 1.807) is 0 Å². The van der Waals surface area contributed by atoms with Crippen LogP contribution in [0.5, 0.6) is 0 Å². The molecule has 0 aromatic carbocycles. The standard InChI is InChI=1S/C13H28N2O/c1-4-6-13(3,10-14)11-15-7-8-16-9-12(15)5-2/h12H,4-11,14H2,1-3H3. The minimum atomic E-state index is 0.277. The van der Waals surface area contributed by atoms with Gasteiger partial charge in [0.1, 0.15) is 0 Å².